The Bertz CT molecular complexity index is 1100. The fourth-order valence-electron chi connectivity index (χ4n) is 3.31. The molecule has 2 amide bonds. The zero-order chi connectivity index (χ0) is 23.1. The number of aryl methyl sites for hydroxylation is 1. The molecular formula is C22H25N3O6S. The molecule has 0 saturated carbocycles. The normalized spacial score (nSPS) is 14.1. The Balaban J connectivity index is 1.80. The number of nitrogens with one attached hydrogen (secondary N) is 3. The minimum absolute atomic E-state index is 0.0105. The Morgan fingerprint density at radius 2 is 1.88 bits per heavy atom. The number of carbonyl (C=O) groups excluding carboxylic acids is 3. The quantitative estimate of drug-likeness (QED) is 0.482. The first-order chi connectivity index (χ1) is 15.3. The molecule has 1 atom stereocenters. The second-order valence-electron chi connectivity index (χ2n) is 7.25. The summed E-state index contributed by atoms with van der Waals surface area (Å²) in [7, 11) is -4.06. The third-order valence-electron chi connectivity index (χ3n) is 4.89. The molecule has 0 bridgehead atoms. The van der Waals surface area contributed by atoms with Crippen molar-refractivity contribution < 1.29 is 27.5 Å². The van der Waals surface area contributed by atoms with Crippen molar-refractivity contribution in [3.8, 4) is 0 Å². The molecule has 0 fully saturated rings. The highest BCUT2D eigenvalue weighted by Crippen LogP contribution is 2.25. The molecule has 2 aromatic carbocycles. The van der Waals surface area contributed by atoms with Gasteiger partial charge in [0, 0.05) is 12.1 Å². The second-order valence-corrected chi connectivity index (χ2v) is 8.97. The summed E-state index contributed by atoms with van der Waals surface area (Å²) in [6, 6.07) is 12.2. The van der Waals surface area contributed by atoms with E-state index in [1.165, 1.54) is 18.2 Å². The number of anilines is 1. The van der Waals surface area contributed by atoms with Crippen LogP contribution in [0.3, 0.4) is 0 Å². The summed E-state index contributed by atoms with van der Waals surface area (Å²) < 4.78 is 33.4. The molecule has 1 heterocycles. The number of hydrogen-bond donors (Lipinski definition) is 3. The van der Waals surface area contributed by atoms with Crippen LogP contribution in [-0.2, 0) is 42.0 Å². The van der Waals surface area contributed by atoms with E-state index in [1.807, 2.05) is 6.07 Å². The van der Waals surface area contributed by atoms with Gasteiger partial charge in [-0.05, 0) is 49.1 Å². The monoisotopic (exact) mass is 459 g/mol. The topological polar surface area (TPSA) is 131 Å². The summed E-state index contributed by atoms with van der Waals surface area (Å²) in [5.74, 6) is -1.37. The van der Waals surface area contributed by atoms with Crippen molar-refractivity contribution in [1.82, 2.24) is 10.0 Å². The lowest BCUT2D eigenvalue weighted by molar-refractivity contribution is -0.143. The van der Waals surface area contributed by atoms with Gasteiger partial charge in [0.25, 0.3) is 0 Å². The number of hydrogen-bond acceptors (Lipinski definition) is 6. The van der Waals surface area contributed by atoms with E-state index < -0.39 is 27.9 Å². The lowest BCUT2D eigenvalue weighted by atomic mass is 10.0. The zero-order valence-electron chi connectivity index (χ0n) is 17.6. The molecule has 0 saturated heterocycles. The molecule has 2 aromatic rings. The van der Waals surface area contributed by atoms with Gasteiger partial charge in [0.05, 0.1) is 11.5 Å². The van der Waals surface area contributed by atoms with Gasteiger partial charge < -0.3 is 15.4 Å². The van der Waals surface area contributed by atoms with Crippen LogP contribution in [0.5, 0.6) is 0 Å². The Morgan fingerprint density at radius 3 is 2.59 bits per heavy atom. The maximum absolute atomic E-state index is 13.1. The van der Waals surface area contributed by atoms with Gasteiger partial charge in [-0.1, -0.05) is 30.3 Å². The summed E-state index contributed by atoms with van der Waals surface area (Å²) in [6.07, 6.45) is 0.796. The average Bonchev–Trinajstić information content (AvgIpc) is 2.77. The number of rotatable bonds is 9. The molecule has 32 heavy (non-hydrogen) atoms. The summed E-state index contributed by atoms with van der Waals surface area (Å²) in [5, 5.41) is 5.13. The molecule has 0 aliphatic carbocycles. The minimum Gasteiger partial charge on any atom is -0.465 e. The molecule has 1 aliphatic heterocycles. The van der Waals surface area contributed by atoms with Gasteiger partial charge >= 0.3 is 5.97 Å². The second kappa shape index (κ2) is 10.4. The van der Waals surface area contributed by atoms with E-state index in [2.05, 4.69) is 15.4 Å². The highest BCUT2D eigenvalue weighted by atomic mass is 32.2. The van der Waals surface area contributed by atoms with Gasteiger partial charge in [-0.25, -0.2) is 8.42 Å². The van der Waals surface area contributed by atoms with Crippen LogP contribution in [0.2, 0.25) is 0 Å². The molecule has 10 heteroatoms. The smallest absolute Gasteiger partial charge is 0.325 e. The molecular weight excluding hydrogens is 434 g/mol. The molecule has 3 rings (SSSR count). The van der Waals surface area contributed by atoms with Crippen LogP contribution in [0.25, 0.3) is 0 Å². The Labute approximate surface area is 186 Å². The Morgan fingerprint density at radius 1 is 1.12 bits per heavy atom. The molecule has 3 N–H and O–H groups in total. The largest absolute Gasteiger partial charge is 0.465 e. The van der Waals surface area contributed by atoms with Crippen LogP contribution in [0.1, 0.15) is 24.5 Å². The van der Waals surface area contributed by atoms with Gasteiger partial charge in [-0.3, -0.25) is 14.4 Å². The van der Waals surface area contributed by atoms with Crippen LogP contribution in [0, 0.1) is 0 Å². The van der Waals surface area contributed by atoms with E-state index >= 15 is 0 Å². The predicted octanol–water partition coefficient (Wildman–Crippen LogP) is 1.14. The van der Waals surface area contributed by atoms with E-state index in [0.29, 0.717) is 17.7 Å². The fourth-order valence-corrected chi connectivity index (χ4v) is 4.56. The lowest BCUT2D eigenvalue weighted by Gasteiger charge is -2.20. The van der Waals surface area contributed by atoms with E-state index in [4.69, 9.17) is 4.74 Å². The highest BCUT2D eigenvalue weighted by Gasteiger charge is 2.27. The maximum Gasteiger partial charge on any atom is 0.325 e. The zero-order valence-corrected chi connectivity index (χ0v) is 18.4. The summed E-state index contributed by atoms with van der Waals surface area (Å²) >= 11 is 0. The van der Waals surface area contributed by atoms with Crippen LogP contribution in [0.4, 0.5) is 5.69 Å². The number of sulfonamides is 1. The molecule has 170 valence electrons. The molecule has 0 aromatic heterocycles. The highest BCUT2D eigenvalue weighted by molar-refractivity contribution is 7.89. The average molecular weight is 460 g/mol. The van der Waals surface area contributed by atoms with Crippen LogP contribution in [-0.4, -0.2) is 45.4 Å². The number of benzene rings is 2. The fraction of sp³-hybridized carbons (Fsp3) is 0.318. The van der Waals surface area contributed by atoms with Crippen molar-refractivity contribution in [2.24, 2.45) is 0 Å². The SMILES string of the molecule is CCOC(=O)CNC(=O)[C@@H](Cc1ccccc1)NS(=O)(=O)c1ccc2c(c1)CCC(=O)N2. The molecule has 1 aliphatic rings. The number of carbonyl (C=O) groups is 3. The first-order valence-corrected chi connectivity index (χ1v) is 11.7. The summed E-state index contributed by atoms with van der Waals surface area (Å²) in [6.45, 7) is 1.46. The van der Waals surface area contributed by atoms with Crippen LogP contribution < -0.4 is 15.4 Å². The third kappa shape index (κ3) is 6.14. The van der Waals surface area contributed by atoms with Gasteiger partial charge in [0.15, 0.2) is 0 Å². The summed E-state index contributed by atoms with van der Waals surface area (Å²) in [5.41, 5.74) is 2.03. The third-order valence-corrected chi connectivity index (χ3v) is 6.36. The number of esters is 1. The van der Waals surface area contributed by atoms with E-state index in [0.717, 1.165) is 5.56 Å². The first kappa shape index (κ1) is 23.4. The predicted molar refractivity (Wildman–Crippen MR) is 117 cm³/mol. The minimum atomic E-state index is -4.06. The van der Waals surface area contributed by atoms with Crippen LogP contribution >= 0.6 is 0 Å². The van der Waals surface area contributed by atoms with Gasteiger partial charge in [-0.15, -0.1) is 0 Å². The molecule has 9 nitrogen and oxygen atoms in total. The number of ether oxygens (including phenoxy) is 1. The van der Waals surface area contributed by atoms with Crippen molar-refractivity contribution in [1.29, 1.82) is 0 Å². The van der Waals surface area contributed by atoms with Gasteiger partial charge in [-0.2, -0.15) is 4.72 Å². The number of amides is 2. The van der Waals surface area contributed by atoms with Crippen LogP contribution in [0.15, 0.2) is 53.4 Å². The maximum atomic E-state index is 13.1. The van der Waals surface area contributed by atoms with Crippen molar-refractivity contribution in [3.05, 3.63) is 59.7 Å². The Hall–Kier alpha value is -3.24. The molecule has 0 spiro atoms. The number of fused-ring (bicyclic) bond motifs is 1. The standard InChI is InChI=1S/C22H25N3O6S/c1-2-31-21(27)14-23-22(28)19(12-15-6-4-3-5-7-15)25-32(29,30)17-9-10-18-16(13-17)8-11-20(26)24-18/h3-7,9-10,13,19,25H,2,8,11-12,14H2,1H3,(H,23,28)(H,24,26)/t19-/m1/s1. The lowest BCUT2D eigenvalue weighted by Crippen LogP contribution is -2.49. The Kier molecular flexibility index (Phi) is 7.60. The van der Waals surface area contributed by atoms with Gasteiger partial charge in [0.2, 0.25) is 21.8 Å². The molecule has 0 radical (unpaired) electrons. The van der Waals surface area contributed by atoms with E-state index in [-0.39, 0.29) is 36.8 Å². The summed E-state index contributed by atoms with van der Waals surface area (Å²) in [4.78, 5) is 35.9. The first-order valence-electron chi connectivity index (χ1n) is 10.2. The molecule has 0 unspecified atom stereocenters. The van der Waals surface area contributed by atoms with Crippen molar-refractivity contribution in [3.63, 3.8) is 0 Å². The van der Waals surface area contributed by atoms with E-state index in [9.17, 15) is 22.8 Å². The van der Waals surface area contributed by atoms with Crippen molar-refractivity contribution in [2.75, 3.05) is 18.5 Å². The van der Waals surface area contributed by atoms with Crippen molar-refractivity contribution in [2.45, 2.75) is 37.1 Å². The van der Waals surface area contributed by atoms with Crippen molar-refractivity contribution >= 4 is 33.5 Å². The van der Waals surface area contributed by atoms with Gasteiger partial charge in [0.1, 0.15) is 12.6 Å². The van der Waals surface area contributed by atoms with E-state index in [1.54, 1.807) is 31.2 Å².